The lowest BCUT2D eigenvalue weighted by molar-refractivity contribution is 0.00654. The number of rotatable bonds is 1. The molecule has 0 amide bonds. The number of carbonyl (C=O) groups is 1. The molecule has 5 heteroatoms. The smallest absolute Gasteiger partial charge is 0.351 e. The second-order valence-electron chi connectivity index (χ2n) is 7.95. The van der Waals surface area contributed by atoms with E-state index in [1.54, 1.807) is 26.8 Å². The van der Waals surface area contributed by atoms with Gasteiger partial charge in [0.05, 0.1) is 0 Å². The van der Waals surface area contributed by atoms with Gasteiger partial charge in [-0.2, -0.15) is 0 Å². The van der Waals surface area contributed by atoms with E-state index < -0.39 is 17.2 Å². The second-order valence-corrected chi connectivity index (χ2v) is 7.95. The summed E-state index contributed by atoms with van der Waals surface area (Å²) in [5, 5.41) is 4.07. The van der Waals surface area contributed by atoms with Crippen LogP contribution in [-0.2, 0) is 10.2 Å². The summed E-state index contributed by atoms with van der Waals surface area (Å²) < 4.78 is 10.7. The van der Waals surface area contributed by atoms with E-state index in [0.29, 0.717) is 5.58 Å². The lowest BCUT2D eigenvalue weighted by atomic mass is 9.78. The molecule has 5 nitrogen and oxygen atoms in total. The van der Waals surface area contributed by atoms with E-state index in [9.17, 15) is 9.59 Å². The molecule has 0 aliphatic carbocycles. The van der Waals surface area contributed by atoms with Crippen LogP contribution in [0.25, 0.3) is 11.0 Å². The molecular formula is C19H23NO4. The molecule has 2 aromatic rings. The SMILES string of the molecule is CC(C)(C)OC(=O)c1cc2cc3c(cc2oc1=O)NCCC3(C)C. The van der Waals surface area contributed by atoms with E-state index in [1.807, 2.05) is 12.1 Å². The monoisotopic (exact) mass is 329 g/mol. The number of nitrogens with one attached hydrogen (secondary N) is 1. The van der Waals surface area contributed by atoms with Gasteiger partial charge in [0.15, 0.2) is 0 Å². The van der Waals surface area contributed by atoms with Crippen LogP contribution in [0, 0.1) is 0 Å². The maximum atomic E-state index is 12.2. The number of hydrogen-bond acceptors (Lipinski definition) is 5. The summed E-state index contributed by atoms with van der Waals surface area (Å²) in [5.41, 5.74) is 1.22. The first-order valence-corrected chi connectivity index (χ1v) is 8.16. The zero-order valence-electron chi connectivity index (χ0n) is 14.8. The van der Waals surface area contributed by atoms with Gasteiger partial charge in [-0.25, -0.2) is 9.59 Å². The highest BCUT2D eigenvalue weighted by Crippen LogP contribution is 2.38. The summed E-state index contributed by atoms with van der Waals surface area (Å²) in [6.45, 7) is 10.5. The average molecular weight is 329 g/mol. The number of fused-ring (bicyclic) bond motifs is 2. The highest BCUT2D eigenvalue weighted by molar-refractivity contribution is 5.94. The molecule has 0 saturated carbocycles. The van der Waals surface area contributed by atoms with Crippen LogP contribution < -0.4 is 10.9 Å². The molecule has 1 aromatic carbocycles. The maximum Gasteiger partial charge on any atom is 0.351 e. The van der Waals surface area contributed by atoms with E-state index in [0.717, 1.165) is 29.6 Å². The molecule has 0 bridgehead atoms. The third-order valence-electron chi connectivity index (χ3n) is 4.29. The molecule has 3 rings (SSSR count). The first-order valence-electron chi connectivity index (χ1n) is 8.16. The van der Waals surface area contributed by atoms with Crippen molar-refractivity contribution in [1.29, 1.82) is 0 Å². The number of esters is 1. The molecule has 24 heavy (non-hydrogen) atoms. The van der Waals surface area contributed by atoms with E-state index in [4.69, 9.17) is 9.15 Å². The molecule has 0 fully saturated rings. The number of ether oxygens (including phenoxy) is 1. The number of anilines is 1. The largest absolute Gasteiger partial charge is 0.456 e. The van der Waals surface area contributed by atoms with Gasteiger partial charge in [0.2, 0.25) is 0 Å². The Hall–Kier alpha value is -2.30. The fraction of sp³-hybridized carbons (Fsp3) is 0.474. The van der Waals surface area contributed by atoms with Gasteiger partial charge in [-0.1, -0.05) is 13.8 Å². The predicted molar refractivity (Wildman–Crippen MR) is 93.8 cm³/mol. The summed E-state index contributed by atoms with van der Waals surface area (Å²) in [4.78, 5) is 24.4. The minimum atomic E-state index is -0.674. The van der Waals surface area contributed by atoms with Gasteiger partial charge in [0, 0.05) is 23.7 Å². The summed E-state index contributed by atoms with van der Waals surface area (Å²) in [7, 11) is 0. The fourth-order valence-corrected chi connectivity index (χ4v) is 2.99. The number of carbonyl (C=O) groups excluding carboxylic acids is 1. The van der Waals surface area contributed by atoms with Gasteiger partial charge < -0.3 is 14.5 Å². The van der Waals surface area contributed by atoms with Gasteiger partial charge in [0.1, 0.15) is 16.7 Å². The predicted octanol–water partition coefficient (Wildman–Crippen LogP) is 3.84. The van der Waals surface area contributed by atoms with Crippen LogP contribution >= 0.6 is 0 Å². The van der Waals surface area contributed by atoms with E-state index in [2.05, 4.69) is 19.2 Å². The van der Waals surface area contributed by atoms with Crippen LogP contribution in [0.2, 0.25) is 0 Å². The summed E-state index contributed by atoms with van der Waals surface area (Å²) in [5.74, 6) is -0.659. The third kappa shape index (κ3) is 3.03. The van der Waals surface area contributed by atoms with Crippen molar-refractivity contribution in [3.63, 3.8) is 0 Å². The second kappa shape index (κ2) is 5.36. The van der Waals surface area contributed by atoms with Crippen LogP contribution in [0.1, 0.15) is 57.0 Å². The van der Waals surface area contributed by atoms with Crippen LogP contribution in [0.3, 0.4) is 0 Å². The molecule has 0 unspecified atom stereocenters. The van der Waals surface area contributed by atoms with E-state index in [-0.39, 0.29) is 11.0 Å². The zero-order chi connectivity index (χ0) is 17.7. The molecule has 0 spiro atoms. The Morgan fingerprint density at radius 1 is 1.25 bits per heavy atom. The van der Waals surface area contributed by atoms with Crippen LogP contribution in [-0.4, -0.2) is 18.1 Å². The number of hydrogen-bond donors (Lipinski definition) is 1. The Bertz CT molecular complexity index is 871. The van der Waals surface area contributed by atoms with Gasteiger partial charge in [-0.15, -0.1) is 0 Å². The Labute approximate surface area is 141 Å². The molecule has 0 radical (unpaired) electrons. The Morgan fingerprint density at radius 3 is 2.62 bits per heavy atom. The van der Waals surface area contributed by atoms with Crippen molar-refractivity contribution in [3.05, 3.63) is 39.7 Å². The molecule has 2 heterocycles. The lowest BCUT2D eigenvalue weighted by Gasteiger charge is -2.33. The fourth-order valence-electron chi connectivity index (χ4n) is 2.99. The normalized spacial score (nSPS) is 16.4. The van der Waals surface area contributed by atoms with E-state index >= 15 is 0 Å². The highest BCUT2D eigenvalue weighted by atomic mass is 16.6. The lowest BCUT2D eigenvalue weighted by Crippen LogP contribution is -2.28. The molecule has 1 aliphatic rings. The summed E-state index contributed by atoms with van der Waals surface area (Å²) >= 11 is 0. The molecule has 0 atom stereocenters. The Morgan fingerprint density at radius 2 is 1.96 bits per heavy atom. The summed E-state index contributed by atoms with van der Waals surface area (Å²) in [6, 6.07) is 5.40. The van der Waals surface area contributed by atoms with Crippen molar-refractivity contribution in [3.8, 4) is 0 Å². The molecule has 128 valence electrons. The van der Waals surface area contributed by atoms with Gasteiger partial charge in [-0.05, 0) is 50.3 Å². The molecule has 1 N–H and O–H groups in total. The quantitative estimate of drug-likeness (QED) is 0.636. The number of benzene rings is 1. The van der Waals surface area contributed by atoms with Gasteiger partial charge >= 0.3 is 11.6 Å². The van der Waals surface area contributed by atoms with Gasteiger partial charge in [-0.3, -0.25) is 0 Å². The van der Waals surface area contributed by atoms with Crippen molar-refractivity contribution in [1.82, 2.24) is 0 Å². The molecular weight excluding hydrogens is 306 g/mol. The Kier molecular flexibility index (Phi) is 3.70. The van der Waals surface area contributed by atoms with Crippen LogP contribution in [0.4, 0.5) is 5.69 Å². The third-order valence-corrected chi connectivity index (χ3v) is 4.29. The minimum absolute atomic E-state index is 0.0248. The van der Waals surface area contributed by atoms with Gasteiger partial charge in [0.25, 0.3) is 0 Å². The topological polar surface area (TPSA) is 68.5 Å². The zero-order valence-corrected chi connectivity index (χ0v) is 14.8. The first kappa shape index (κ1) is 16.6. The first-order chi connectivity index (χ1) is 11.1. The molecule has 0 saturated heterocycles. The van der Waals surface area contributed by atoms with Crippen molar-refractivity contribution < 1.29 is 13.9 Å². The van der Waals surface area contributed by atoms with Crippen molar-refractivity contribution in [2.45, 2.75) is 52.1 Å². The van der Waals surface area contributed by atoms with Crippen molar-refractivity contribution in [2.24, 2.45) is 0 Å². The van der Waals surface area contributed by atoms with Crippen LogP contribution in [0.5, 0.6) is 0 Å². The van der Waals surface area contributed by atoms with Crippen molar-refractivity contribution >= 4 is 22.6 Å². The van der Waals surface area contributed by atoms with Crippen LogP contribution in [0.15, 0.2) is 27.4 Å². The minimum Gasteiger partial charge on any atom is -0.456 e. The van der Waals surface area contributed by atoms with E-state index in [1.165, 1.54) is 0 Å². The summed E-state index contributed by atoms with van der Waals surface area (Å²) in [6.07, 6.45) is 1.02. The maximum absolute atomic E-state index is 12.2. The Balaban J connectivity index is 2.13. The standard InChI is InChI=1S/C19H23NO4/c1-18(2,3)24-17(22)12-8-11-9-13-14(10-15(11)23-16(12)21)20-7-6-19(13,4)5/h8-10,20H,6-7H2,1-5H3. The van der Waals surface area contributed by atoms with Crippen molar-refractivity contribution in [2.75, 3.05) is 11.9 Å². The molecule has 1 aliphatic heterocycles. The molecule has 1 aromatic heterocycles. The average Bonchev–Trinajstić information content (AvgIpc) is 2.43. The highest BCUT2D eigenvalue weighted by Gasteiger charge is 2.29.